The summed E-state index contributed by atoms with van der Waals surface area (Å²) in [4.78, 5) is 8.28. The van der Waals surface area contributed by atoms with Gasteiger partial charge < -0.3 is 14.6 Å². The minimum atomic E-state index is -0.797. The Labute approximate surface area is 117 Å². The van der Waals surface area contributed by atoms with E-state index in [4.69, 9.17) is 9.47 Å². The number of hydrogen-bond donors (Lipinski definition) is 1. The van der Waals surface area contributed by atoms with Gasteiger partial charge >= 0.3 is 0 Å². The minimum Gasteiger partial charge on any atom is -0.490 e. The third-order valence-corrected chi connectivity index (χ3v) is 3.17. The highest BCUT2D eigenvalue weighted by Gasteiger charge is 2.17. The molecule has 0 amide bonds. The molecule has 1 aliphatic rings. The number of aliphatic hydroxyl groups excluding tert-OH is 1. The van der Waals surface area contributed by atoms with Crippen LogP contribution in [-0.4, -0.2) is 28.3 Å². The number of rotatable bonds is 2. The van der Waals surface area contributed by atoms with E-state index in [9.17, 15) is 5.11 Å². The fourth-order valence-electron chi connectivity index (χ4n) is 2.15. The zero-order valence-electron chi connectivity index (χ0n) is 11.2. The van der Waals surface area contributed by atoms with Gasteiger partial charge in [0.2, 0.25) is 0 Å². The van der Waals surface area contributed by atoms with Crippen molar-refractivity contribution in [1.29, 1.82) is 0 Å². The van der Waals surface area contributed by atoms with Crippen LogP contribution in [0.2, 0.25) is 0 Å². The summed E-state index contributed by atoms with van der Waals surface area (Å²) < 4.78 is 11.2. The van der Waals surface area contributed by atoms with Crippen LogP contribution in [-0.2, 0) is 0 Å². The Kier molecular flexibility index (Phi) is 3.52. The fourth-order valence-corrected chi connectivity index (χ4v) is 2.15. The lowest BCUT2D eigenvalue weighted by Gasteiger charge is -2.14. The molecule has 1 atom stereocenters. The molecule has 1 aromatic heterocycles. The minimum absolute atomic E-state index is 0.576. The first kappa shape index (κ1) is 12.9. The van der Waals surface area contributed by atoms with Crippen molar-refractivity contribution >= 4 is 0 Å². The Morgan fingerprint density at radius 2 is 1.95 bits per heavy atom. The van der Waals surface area contributed by atoms with Gasteiger partial charge in [-0.2, -0.15) is 0 Å². The smallest absolute Gasteiger partial charge is 0.161 e. The van der Waals surface area contributed by atoms with E-state index < -0.39 is 6.10 Å². The van der Waals surface area contributed by atoms with Gasteiger partial charge in [0, 0.05) is 12.6 Å². The van der Waals surface area contributed by atoms with Crippen molar-refractivity contribution in [2.24, 2.45) is 0 Å². The molecular weight excluding hydrogens is 256 g/mol. The molecule has 2 heterocycles. The Balaban J connectivity index is 1.92. The third-order valence-electron chi connectivity index (χ3n) is 3.17. The summed E-state index contributed by atoms with van der Waals surface area (Å²) in [5.41, 5.74) is 1.30. The van der Waals surface area contributed by atoms with E-state index in [1.807, 2.05) is 18.2 Å². The molecule has 2 aromatic rings. The van der Waals surface area contributed by atoms with Gasteiger partial charge in [0.15, 0.2) is 11.5 Å². The van der Waals surface area contributed by atoms with Gasteiger partial charge in [-0.25, -0.2) is 9.97 Å². The topological polar surface area (TPSA) is 64.5 Å². The van der Waals surface area contributed by atoms with Crippen LogP contribution in [0.25, 0.3) is 0 Å². The van der Waals surface area contributed by atoms with E-state index in [2.05, 4.69) is 9.97 Å². The molecule has 0 aliphatic carbocycles. The maximum Gasteiger partial charge on any atom is 0.161 e. The molecule has 0 fully saturated rings. The molecule has 5 nitrogen and oxygen atoms in total. The summed E-state index contributed by atoms with van der Waals surface area (Å²) in [5.74, 6) is 2.03. The molecule has 3 rings (SSSR count). The van der Waals surface area contributed by atoms with Crippen LogP contribution in [0.3, 0.4) is 0 Å². The number of hydrogen-bond acceptors (Lipinski definition) is 5. The maximum atomic E-state index is 10.4. The normalized spacial score (nSPS) is 15.5. The monoisotopic (exact) mass is 272 g/mol. The molecule has 0 radical (unpaired) electrons. The average Bonchev–Trinajstić information content (AvgIpc) is 2.71. The van der Waals surface area contributed by atoms with Crippen LogP contribution >= 0.6 is 0 Å². The molecule has 5 heteroatoms. The largest absolute Gasteiger partial charge is 0.490 e. The van der Waals surface area contributed by atoms with Crippen LogP contribution in [0.1, 0.15) is 29.6 Å². The van der Waals surface area contributed by atoms with Crippen molar-refractivity contribution < 1.29 is 14.6 Å². The predicted octanol–water partition coefficient (Wildman–Crippen LogP) is 2.03. The van der Waals surface area contributed by atoms with E-state index in [1.165, 1.54) is 0 Å². The summed E-state index contributed by atoms with van der Waals surface area (Å²) in [6.45, 7) is 3.07. The van der Waals surface area contributed by atoms with E-state index in [0.717, 1.165) is 17.7 Å². The zero-order chi connectivity index (χ0) is 13.9. The molecule has 1 aliphatic heterocycles. The summed E-state index contributed by atoms with van der Waals surface area (Å²) in [7, 11) is 0. The van der Waals surface area contributed by atoms with Crippen molar-refractivity contribution in [2.45, 2.75) is 19.4 Å². The number of benzene rings is 1. The van der Waals surface area contributed by atoms with Crippen molar-refractivity contribution in [1.82, 2.24) is 9.97 Å². The first-order valence-electron chi connectivity index (χ1n) is 6.61. The van der Waals surface area contributed by atoms with Gasteiger partial charge in [0.05, 0.1) is 18.9 Å². The van der Waals surface area contributed by atoms with E-state index >= 15 is 0 Å². The predicted molar refractivity (Wildman–Crippen MR) is 72.9 cm³/mol. The van der Waals surface area contributed by atoms with Gasteiger partial charge in [-0.05, 0) is 30.7 Å². The number of ether oxygens (including phenoxy) is 2. The Hall–Kier alpha value is -2.14. The highest BCUT2D eigenvalue weighted by atomic mass is 16.5. The quantitative estimate of drug-likeness (QED) is 0.906. The van der Waals surface area contributed by atoms with Gasteiger partial charge in [-0.15, -0.1) is 0 Å². The van der Waals surface area contributed by atoms with E-state index in [0.29, 0.717) is 30.5 Å². The number of aliphatic hydroxyl groups is 1. The van der Waals surface area contributed by atoms with Crippen LogP contribution in [0.5, 0.6) is 11.5 Å². The SMILES string of the molecule is Cc1nccc(C(O)c2ccc3c(c2)OCCCO3)n1. The third kappa shape index (κ3) is 2.58. The second-order valence-corrected chi connectivity index (χ2v) is 4.69. The van der Waals surface area contributed by atoms with Crippen molar-refractivity contribution in [3.8, 4) is 11.5 Å². The Bertz CT molecular complexity index is 616. The lowest BCUT2D eigenvalue weighted by atomic mass is 10.1. The molecule has 0 bridgehead atoms. The molecule has 1 N–H and O–H groups in total. The molecule has 0 saturated heterocycles. The second kappa shape index (κ2) is 5.46. The van der Waals surface area contributed by atoms with Gasteiger partial charge in [0.25, 0.3) is 0 Å². The van der Waals surface area contributed by atoms with Crippen LogP contribution in [0.4, 0.5) is 0 Å². The van der Waals surface area contributed by atoms with Gasteiger partial charge in [-0.1, -0.05) is 6.07 Å². The molecular formula is C15H16N2O3. The summed E-state index contributed by atoms with van der Waals surface area (Å²) >= 11 is 0. The maximum absolute atomic E-state index is 10.4. The highest BCUT2D eigenvalue weighted by molar-refractivity contribution is 5.45. The highest BCUT2D eigenvalue weighted by Crippen LogP contribution is 2.33. The number of aromatic nitrogens is 2. The summed E-state index contributed by atoms with van der Waals surface area (Å²) in [5, 5.41) is 10.4. The van der Waals surface area contributed by atoms with Crippen molar-refractivity contribution in [2.75, 3.05) is 13.2 Å². The standard InChI is InChI=1S/C15H16N2O3/c1-10-16-6-5-12(17-10)15(18)11-3-4-13-14(9-11)20-8-2-7-19-13/h3-6,9,15,18H,2,7-8H2,1H3. The van der Waals surface area contributed by atoms with Gasteiger partial charge in [-0.3, -0.25) is 0 Å². The van der Waals surface area contributed by atoms with E-state index in [1.54, 1.807) is 19.2 Å². The number of fused-ring (bicyclic) bond motifs is 1. The number of aryl methyl sites for hydroxylation is 1. The Morgan fingerprint density at radius 1 is 1.15 bits per heavy atom. The lowest BCUT2D eigenvalue weighted by Crippen LogP contribution is -2.04. The lowest BCUT2D eigenvalue weighted by molar-refractivity contribution is 0.214. The van der Waals surface area contributed by atoms with Crippen LogP contribution in [0.15, 0.2) is 30.5 Å². The zero-order valence-corrected chi connectivity index (χ0v) is 11.2. The molecule has 0 saturated carbocycles. The summed E-state index contributed by atoms with van der Waals surface area (Å²) in [6, 6.07) is 7.17. The summed E-state index contributed by atoms with van der Waals surface area (Å²) in [6.07, 6.45) is 1.70. The number of nitrogens with zero attached hydrogens (tertiary/aromatic N) is 2. The van der Waals surface area contributed by atoms with Crippen molar-refractivity contribution in [3.05, 3.63) is 47.5 Å². The molecule has 1 unspecified atom stereocenters. The van der Waals surface area contributed by atoms with E-state index in [-0.39, 0.29) is 0 Å². The van der Waals surface area contributed by atoms with Crippen LogP contribution in [0, 0.1) is 6.92 Å². The first-order valence-corrected chi connectivity index (χ1v) is 6.61. The Morgan fingerprint density at radius 3 is 2.75 bits per heavy atom. The molecule has 104 valence electrons. The first-order chi connectivity index (χ1) is 9.74. The molecule has 1 aromatic carbocycles. The second-order valence-electron chi connectivity index (χ2n) is 4.69. The molecule has 0 spiro atoms. The van der Waals surface area contributed by atoms with Crippen molar-refractivity contribution in [3.63, 3.8) is 0 Å². The average molecular weight is 272 g/mol. The fraction of sp³-hybridized carbons (Fsp3) is 0.333. The van der Waals surface area contributed by atoms with Gasteiger partial charge in [0.1, 0.15) is 11.9 Å². The molecule has 20 heavy (non-hydrogen) atoms. The van der Waals surface area contributed by atoms with Crippen LogP contribution < -0.4 is 9.47 Å².